The minimum absolute atomic E-state index is 0.0611. The average molecular weight is 427 g/mol. The Morgan fingerprint density at radius 3 is 2.23 bits per heavy atom. The van der Waals surface area contributed by atoms with E-state index in [-0.39, 0.29) is 16.0 Å². The largest absolute Gasteiger partial charge is 0.497 e. The number of carboxylic acids is 1. The van der Waals surface area contributed by atoms with Crippen LogP contribution in [0.25, 0.3) is 17.5 Å². The molecule has 0 saturated carbocycles. The van der Waals surface area contributed by atoms with Gasteiger partial charge in [-0.1, -0.05) is 12.1 Å². The number of benzene rings is 2. The van der Waals surface area contributed by atoms with Crippen LogP contribution in [0.4, 0.5) is 5.69 Å². The van der Waals surface area contributed by atoms with Crippen LogP contribution in [-0.4, -0.2) is 49.6 Å². The smallest absolute Gasteiger partial charge is 0.342 e. The molecular weight excluding hydrogens is 406 g/mol. The summed E-state index contributed by atoms with van der Waals surface area (Å²) in [6, 6.07) is 12.7. The molecule has 8 nitrogen and oxygen atoms in total. The van der Waals surface area contributed by atoms with E-state index in [0.29, 0.717) is 17.1 Å². The lowest BCUT2D eigenvalue weighted by atomic mass is 10.2. The van der Waals surface area contributed by atoms with Gasteiger partial charge < -0.3 is 23.9 Å². The van der Waals surface area contributed by atoms with Crippen molar-refractivity contribution in [3.8, 4) is 23.0 Å². The van der Waals surface area contributed by atoms with Crippen molar-refractivity contribution in [2.45, 2.75) is 5.22 Å². The number of aliphatic carboxylic acids is 1. The second-order valence-electron chi connectivity index (χ2n) is 6.38. The molecule has 0 amide bonds. The molecule has 0 radical (unpaired) electrons. The Balaban J connectivity index is 1.84. The molecule has 9 heteroatoms. The third-order valence-corrected chi connectivity index (χ3v) is 4.97. The molecule has 3 rings (SSSR count). The number of carboxylic acid groups (broad SMARTS) is 1. The number of hydrogen-bond donors (Lipinski definition) is 1. The zero-order chi connectivity index (χ0) is 21.7. The highest BCUT2D eigenvalue weighted by atomic mass is 32.2. The third-order valence-electron chi connectivity index (χ3n) is 4.12. The molecule has 1 heterocycles. The van der Waals surface area contributed by atoms with Gasteiger partial charge in [-0.2, -0.15) is 0 Å². The van der Waals surface area contributed by atoms with Crippen molar-refractivity contribution in [1.29, 1.82) is 0 Å². The minimum Gasteiger partial charge on any atom is -0.497 e. The molecule has 1 N–H and O–H groups in total. The normalized spacial score (nSPS) is 11.3. The Morgan fingerprint density at radius 1 is 1.07 bits per heavy atom. The first kappa shape index (κ1) is 21.3. The van der Waals surface area contributed by atoms with Gasteiger partial charge in [0.05, 0.1) is 14.2 Å². The fraction of sp³-hybridized carbons (Fsp3) is 0.190. The highest BCUT2D eigenvalue weighted by Gasteiger charge is 2.17. The minimum atomic E-state index is -1.08. The Labute approximate surface area is 178 Å². The van der Waals surface area contributed by atoms with Crippen molar-refractivity contribution in [2.24, 2.45) is 0 Å². The molecule has 3 aromatic rings. The van der Waals surface area contributed by atoms with E-state index in [1.807, 2.05) is 43.3 Å². The summed E-state index contributed by atoms with van der Waals surface area (Å²) in [4.78, 5) is 13.7. The molecule has 0 saturated heterocycles. The van der Waals surface area contributed by atoms with Crippen molar-refractivity contribution in [2.75, 3.05) is 33.2 Å². The first-order valence-electron chi connectivity index (χ1n) is 8.86. The standard InChI is InChI=1S/C21H21N3O5S/c1-24(2)15-7-5-13(6-8-15)9-18(20(25)26)30-21-23-22-19(29-21)14-10-16(27-3)12-17(11-14)28-4/h5-12H,1-4H3,(H,25,26)/b18-9-. The lowest BCUT2D eigenvalue weighted by Gasteiger charge is -2.11. The summed E-state index contributed by atoms with van der Waals surface area (Å²) in [6.07, 6.45) is 1.56. The van der Waals surface area contributed by atoms with Crippen molar-refractivity contribution in [1.82, 2.24) is 10.2 Å². The van der Waals surface area contributed by atoms with E-state index in [2.05, 4.69) is 10.2 Å². The SMILES string of the molecule is COc1cc(OC)cc(-c2nnc(S/C(=C\c3ccc(N(C)C)cc3)C(=O)O)o2)c1. The average Bonchev–Trinajstić information content (AvgIpc) is 3.21. The molecule has 30 heavy (non-hydrogen) atoms. The van der Waals surface area contributed by atoms with Crippen LogP contribution < -0.4 is 14.4 Å². The van der Waals surface area contributed by atoms with E-state index in [9.17, 15) is 9.90 Å². The molecule has 0 aliphatic heterocycles. The summed E-state index contributed by atoms with van der Waals surface area (Å²) in [5.74, 6) is 0.294. The Kier molecular flexibility index (Phi) is 6.63. The number of thioether (sulfide) groups is 1. The first-order chi connectivity index (χ1) is 14.4. The van der Waals surface area contributed by atoms with E-state index in [1.165, 1.54) is 0 Å². The number of aromatic nitrogens is 2. The second kappa shape index (κ2) is 9.36. The number of hydrogen-bond acceptors (Lipinski definition) is 8. The summed E-state index contributed by atoms with van der Waals surface area (Å²) in [6.45, 7) is 0. The lowest BCUT2D eigenvalue weighted by molar-refractivity contribution is -0.131. The van der Waals surface area contributed by atoms with Gasteiger partial charge in [0.15, 0.2) is 0 Å². The van der Waals surface area contributed by atoms with Crippen LogP contribution >= 0.6 is 11.8 Å². The van der Waals surface area contributed by atoms with Gasteiger partial charge in [0.2, 0.25) is 5.89 Å². The van der Waals surface area contributed by atoms with Crippen LogP contribution in [0.2, 0.25) is 0 Å². The molecule has 0 fully saturated rings. The third kappa shape index (κ3) is 5.12. The number of anilines is 1. The highest BCUT2D eigenvalue weighted by molar-refractivity contribution is 8.03. The Bertz CT molecular complexity index is 1040. The van der Waals surface area contributed by atoms with Crippen molar-refractivity contribution in [3.63, 3.8) is 0 Å². The quantitative estimate of drug-likeness (QED) is 0.422. The summed E-state index contributed by atoms with van der Waals surface area (Å²) >= 11 is 0.886. The predicted octanol–water partition coefficient (Wildman–Crippen LogP) is 4.04. The van der Waals surface area contributed by atoms with E-state index >= 15 is 0 Å². The molecule has 2 aromatic carbocycles. The van der Waals surface area contributed by atoms with Crippen LogP contribution in [0.5, 0.6) is 11.5 Å². The van der Waals surface area contributed by atoms with Gasteiger partial charge in [-0.3, -0.25) is 0 Å². The fourth-order valence-electron chi connectivity index (χ4n) is 2.55. The molecular formula is C21H21N3O5S. The molecule has 1 aromatic heterocycles. The van der Waals surface area contributed by atoms with Gasteiger partial charge in [-0.25, -0.2) is 4.79 Å². The van der Waals surface area contributed by atoms with Gasteiger partial charge in [-0.05, 0) is 47.7 Å². The monoisotopic (exact) mass is 427 g/mol. The van der Waals surface area contributed by atoms with Crippen molar-refractivity contribution in [3.05, 3.63) is 52.9 Å². The van der Waals surface area contributed by atoms with E-state index in [1.54, 1.807) is 38.5 Å². The van der Waals surface area contributed by atoms with Crippen molar-refractivity contribution < 1.29 is 23.8 Å². The maximum absolute atomic E-state index is 11.7. The summed E-state index contributed by atoms with van der Waals surface area (Å²) in [7, 11) is 6.97. The molecule has 0 unspecified atom stereocenters. The zero-order valence-electron chi connectivity index (χ0n) is 16.9. The molecule has 156 valence electrons. The predicted molar refractivity (Wildman–Crippen MR) is 115 cm³/mol. The summed E-state index contributed by atoms with van der Waals surface area (Å²) in [5, 5.41) is 17.7. The number of carbonyl (C=O) groups is 1. The first-order valence-corrected chi connectivity index (χ1v) is 9.68. The van der Waals surface area contributed by atoms with Crippen LogP contribution in [0.1, 0.15) is 5.56 Å². The van der Waals surface area contributed by atoms with Gasteiger partial charge >= 0.3 is 5.97 Å². The highest BCUT2D eigenvalue weighted by Crippen LogP contribution is 2.33. The number of rotatable bonds is 8. The lowest BCUT2D eigenvalue weighted by Crippen LogP contribution is -2.07. The molecule has 0 bridgehead atoms. The number of ether oxygens (including phenoxy) is 2. The molecule has 0 spiro atoms. The Morgan fingerprint density at radius 2 is 1.70 bits per heavy atom. The fourth-order valence-corrected chi connectivity index (χ4v) is 3.22. The maximum atomic E-state index is 11.7. The van der Waals surface area contributed by atoms with E-state index < -0.39 is 5.97 Å². The summed E-state index contributed by atoms with van der Waals surface area (Å²) in [5.41, 5.74) is 2.38. The van der Waals surface area contributed by atoms with Gasteiger partial charge in [0.25, 0.3) is 5.22 Å². The van der Waals surface area contributed by atoms with Crippen LogP contribution in [-0.2, 0) is 4.79 Å². The van der Waals surface area contributed by atoms with Crippen LogP contribution in [0, 0.1) is 0 Å². The molecule has 0 aliphatic carbocycles. The van der Waals surface area contributed by atoms with Crippen LogP contribution in [0.15, 0.2) is 57.0 Å². The van der Waals surface area contributed by atoms with Crippen molar-refractivity contribution >= 4 is 29.5 Å². The van der Waals surface area contributed by atoms with Gasteiger partial charge in [-0.15, -0.1) is 10.2 Å². The molecule has 0 atom stereocenters. The van der Waals surface area contributed by atoms with E-state index in [0.717, 1.165) is 23.0 Å². The summed E-state index contributed by atoms with van der Waals surface area (Å²) < 4.78 is 16.1. The topological polar surface area (TPSA) is 97.9 Å². The maximum Gasteiger partial charge on any atom is 0.342 e. The Hall–Kier alpha value is -3.46. The molecule has 0 aliphatic rings. The van der Waals surface area contributed by atoms with Crippen LogP contribution in [0.3, 0.4) is 0 Å². The zero-order valence-corrected chi connectivity index (χ0v) is 17.8. The number of nitrogens with zero attached hydrogens (tertiary/aromatic N) is 3. The number of methoxy groups -OCH3 is 2. The second-order valence-corrected chi connectivity index (χ2v) is 7.37. The van der Waals surface area contributed by atoms with Gasteiger partial charge in [0.1, 0.15) is 16.4 Å². The van der Waals surface area contributed by atoms with E-state index in [4.69, 9.17) is 13.9 Å². The van der Waals surface area contributed by atoms with Gasteiger partial charge in [0, 0.05) is 31.4 Å².